The highest BCUT2D eigenvalue weighted by Crippen LogP contribution is 2.24. The van der Waals surface area contributed by atoms with Crippen LogP contribution >= 0.6 is 0 Å². The molecule has 4 heteroatoms. The van der Waals surface area contributed by atoms with Crippen LogP contribution in [-0.4, -0.2) is 10.9 Å². The van der Waals surface area contributed by atoms with Crippen molar-refractivity contribution in [3.63, 3.8) is 0 Å². The fraction of sp³-hybridized carbons (Fsp3) is 0.176. The molecule has 0 radical (unpaired) electrons. The van der Waals surface area contributed by atoms with Crippen molar-refractivity contribution < 1.29 is 9.21 Å². The summed E-state index contributed by atoms with van der Waals surface area (Å²) in [7, 11) is 0. The van der Waals surface area contributed by atoms with Crippen molar-refractivity contribution in [2.45, 2.75) is 20.8 Å². The number of hydrogen-bond donors (Lipinski definition) is 1. The second kappa shape index (κ2) is 5.05. The van der Waals surface area contributed by atoms with Gasteiger partial charge >= 0.3 is 0 Å². The summed E-state index contributed by atoms with van der Waals surface area (Å²) in [4.78, 5) is 16.5. The minimum atomic E-state index is -0.261. The number of aromatic nitrogens is 1. The van der Waals surface area contributed by atoms with Gasteiger partial charge in [0.05, 0.1) is 0 Å². The van der Waals surface area contributed by atoms with E-state index >= 15 is 0 Å². The maximum Gasteiger partial charge on any atom is 0.291 e. The lowest BCUT2D eigenvalue weighted by atomic mass is 10.1. The van der Waals surface area contributed by atoms with E-state index in [0.717, 1.165) is 16.8 Å². The number of nitrogens with zero attached hydrogens (tertiary/aromatic N) is 1. The Kier molecular flexibility index (Phi) is 3.22. The van der Waals surface area contributed by atoms with E-state index in [0.29, 0.717) is 11.1 Å². The lowest BCUT2D eigenvalue weighted by molar-refractivity contribution is 0.0998. The highest BCUT2D eigenvalue weighted by Gasteiger charge is 2.15. The zero-order chi connectivity index (χ0) is 15.0. The Morgan fingerprint density at radius 1 is 1.14 bits per heavy atom. The molecule has 0 fully saturated rings. The fourth-order valence-electron chi connectivity index (χ4n) is 2.53. The number of nitrogens with one attached hydrogen (secondary N) is 1. The molecule has 1 amide bonds. The van der Waals surface area contributed by atoms with Crippen LogP contribution in [-0.2, 0) is 0 Å². The molecule has 0 atom stereocenters. The van der Waals surface area contributed by atoms with Gasteiger partial charge in [-0.1, -0.05) is 17.7 Å². The summed E-state index contributed by atoms with van der Waals surface area (Å²) in [5.74, 6) is 0.00567. The Morgan fingerprint density at radius 2 is 1.86 bits per heavy atom. The maximum absolute atomic E-state index is 12.3. The smallest absolute Gasteiger partial charge is 0.291 e. The molecule has 0 aliphatic heterocycles. The van der Waals surface area contributed by atoms with Crippen molar-refractivity contribution in [1.29, 1.82) is 0 Å². The van der Waals surface area contributed by atoms with E-state index in [1.54, 1.807) is 24.4 Å². The minimum Gasteiger partial charge on any atom is -0.449 e. The highest BCUT2D eigenvalue weighted by molar-refractivity contribution is 6.05. The molecule has 0 bridgehead atoms. The van der Waals surface area contributed by atoms with Crippen molar-refractivity contribution in [3.05, 3.63) is 59.0 Å². The SMILES string of the molecule is Cc1cc(C)c(NC(=O)c2cc3ncccc3o2)c(C)c1. The normalized spacial score (nSPS) is 10.8. The second-order valence-electron chi connectivity index (χ2n) is 5.23. The van der Waals surface area contributed by atoms with Gasteiger partial charge in [0.1, 0.15) is 5.52 Å². The van der Waals surface area contributed by atoms with Gasteiger partial charge in [0.15, 0.2) is 11.3 Å². The lowest BCUT2D eigenvalue weighted by Crippen LogP contribution is -2.13. The molecule has 2 heterocycles. The number of pyridine rings is 1. The van der Waals surface area contributed by atoms with Gasteiger partial charge in [0.2, 0.25) is 0 Å². The van der Waals surface area contributed by atoms with Crippen LogP contribution in [0.15, 0.2) is 40.9 Å². The van der Waals surface area contributed by atoms with E-state index in [4.69, 9.17) is 4.42 Å². The van der Waals surface area contributed by atoms with Gasteiger partial charge < -0.3 is 9.73 Å². The molecule has 0 aliphatic carbocycles. The first-order chi connectivity index (χ1) is 10.0. The molecular formula is C17H16N2O2. The van der Waals surface area contributed by atoms with Crippen LogP contribution in [0.2, 0.25) is 0 Å². The third-order valence-corrected chi connectivity index (χ3v) is 3.43. The summed E-state index contributed by atoms with van der Waals surface area (Å²) in [6, 6.07) is 9.32. The summed E-state index contributed by atoms with van der Waals surface area (Å²) in [5.41, 5.74) is 5.38. The van der Waals surface area contributed by atoms with Gasteiger partial charge in [-0.2, -0.15) is 0 Å². The summed E-state index contributed by atoms with van der Waals surface area (Å²) < 4.78 is 5.53. The molecule has 1 N–H and O–H groups in total. The number of benzene rings is 1. The number of anilines is 1. The number of hydrogen-bond acceptors (Lipinski definition) is 3. The average Bonchev–Trinajstić information content (AvgIpc) is 2.86. The number of furan rings is 1. The third-order valence-electron chi connectivity index (χ3n) is 3.43. The molecule has 0 spiro atoms. The summed E-state index contributed by atoms with van der Waals surface area (Å²) in [6.45, 7) is 6.00. The standard InChI is InChI=1S/C17H16N2O2/c1-10-7-11(2)16(12(3)8-10)19-17(20)15-9-13-14(21-15)5-4-6-18-13/h4-9H,1-3H3,(H,19,20). The van der Waals surface area contributed by atoms with Crippen molar-refractivity contribution in [2.75, 3.05) is 5.32 Å². The van der Waals surface area contributed by atoms with Crippen molar-refractivity contribution in [1.82, 2.24) is 4.98 Å². The zero-order valence-corrected chi connectivity index (χ0v) is 12.2. The molecule has 4 nitrogen and oxygen atoms in total. The fourth-order valence-corrected chi connectivity index (χ4v) is 2.53. The second-order valence-corrected chi connectivity index (χ2v) is 5.23. The van der Waals surface area contributed by atoms with E-state index in [-0.39, 0.29) is 11.7 Å². The number of fused-ring (bicyclic) bond motifs is 1. The highest BCUT2D eigenvalue weighted by atomic mass is 16.3. The molecule has 3 rings (SSSR count). The number of rotatable bonds is 2. The van der Waals surface area contributed by atoms with Gasteiger partial charge in [0.25, 0.3) is 5.91 Å². The average molecular weight is 280 g/mol. The van der Waals surface area contributed by atoms with Gasteiger partial charge in [-0.15, -0.1) is 0 Å². The predicted molar refractivity (Wildman–Crippen MR) is 82.6 cm³/mol. The molecule has 2 aromatic heterocycles. The Hall–Kier alpha value is -2.62. The molecule has 106 valence electrons. The molecule has 0 aliphatic rings. The molecule has 0 saturated carbocycles. The molecule has 3 aromatic rings. The van der Waals surface area contributed by atoms with Crippen LogP contribution in [0.25, 0.3) is 11.1 Å². The predicted octanol–water partition coefficient (Wildman–Crippen LogP) is 4.01. The quantitative estimate of drug-likeness (QED) is 0.771. The van der Waals surface area contributed by atoms with E-state index in [1.165, 1.54) is 5.56 Å². The van der Waals surface area contributed by atoms with Crippen LogP contribution in [0.5, 0.6) is 0 Å². The Morgan fingerprint density at radius 3 is 2.52 bits per heavy atom. The van der Waals surface area contributed by atoms with Crippen LogP contribution < -0.4 is 5.32 Å². The number of carbonyl (C=O) groups excluding carboxylic acids is 1. The third kappa shape index (κ3) is 2.52. The minimum absolute atomic E-state index is 0.261. The first-order valence-corrected chi connectivity index (χ1v) is 6.78. The van der Waals surface area contributed by atoms with Crippen molar-refractivity contribution in [3.8, 4) is 0 Å². The number of aryl methyl sites for hydroxylation is 3. The molecule has 0 saturated heterocycles. The zero-order valence-electron chi connectivity index (χ0n) is 12.2. The monoisotopic (exact) mass is 280 g/mol. The molecule has 21 heavy (non-hydrogen) atoms. The molecule has 1 aromatic carbocycles. The van der Waals surface area contributed by atoms with Crippen LogP contribution in [0, 0.1) is 20.8 Å². The van der Waals surface area contributed by atoms with E-state index in [1.807, 2.05) is 32.9 Å². The van der Waals surface area contributed by atoms with Crippen molar-refractivity contribution >= 4 is 22.7 Å². The first kappa shape index (κ1) is 13.4. The van der Waals surface area contributed by atoms with E-state index in [2.05, 4.69) is 10.3 Å². The van der Waals surface area contributed by atoms with Gasteiger partial charge in [0, 0.05) is 18.0 Å². The van der Waals surface area contributed by atoms with E-state index in [9.17, 15) is 4.79 Å². The van der Waals surface area contributed by atoms with E-state index < -0.39 is 0 Å². The Labute approximate surface area is 122 Å². The largest absolute Gasteiger partial charge is 0.449 e. The maximum atomic E-state index is 12.3. The number of amides is 1. The topological polar surface area (TPSA) is 55.1 Å². The molecule has 0 unspecified atom stereocenters. The van der Waals surface area contributed by atoms with Crippen LogP contribution in [0.1, 0.15) is 27.2 Å². The van der Waals surface area contributed by atoms with Crippen LogP contribution in [0.3, 0.4) is 0 Å². The Balaban J connectivity index is 1.93. The summed E-state index contributed by atoms with van der Waals surface area (Å²) in [5, 5.41) is 2.92. The van der Waals surface area contributed by atoms with Crippen LogP contribution in [0.4, 0.5) is 5.69 Å². The Bertz CT molecular complexity index is 778. The van der Waals surface area contributed by atoms with Gasteiger partial charge in [-0.3, -0.25) is 9.78 Å². The molecular weight excluding hydrogens is 264 g/mol. The number of carbonyl (C=O) groups is 1. The van der Waals surface area contributed by atoms with Gasteiger partial charge in [-0.05, 0) is 44.0 Å². The first-order valence-electron chi connectivity index (χ1n) is 6.78. The van der Waals surface area contributed by atoms with Gasteiger partial charge in [-0.25, -0.2) is 0 Å². The lowest BCUT2D eigenvalue weighted by Gasteiger charge is -2.11. The van der Waals surface area contributed by atoms with Crippen molar-refractivity contribution in [2.24, 2.45) is 0 Å². The summed E-state index contributed by atoms with van der Waals surface area (Å²) >= 11 is 0. The summed E-state index contributed by atoms with van der Waals surface area (Å²) in [6.07, 6.45) is 1.67.